The molecule has 0 saturated carbocycles. The molecule has 0 aliphatic carbocycles. The van der Waals surface area contributed by atoms with Gasteiger partial charge in [-0.2, -0.15) is 0 Å². The zero-order valence-electron chi connectivity index (χ0n) is 10.8. The highest BCUT2D eigenvalue weighted by atomic mass is 16.5. The summed E-state index contributed by atoms with van der Waals surface area (Å²) in [5.74, 6) is -0.450. The van der Waals surface area contributed by atoms with Gasteiger partial charge in [0.1, 0.15) is 6.04 Å². The monoisotopic (exact) mass is 259 g/mol. The third-order valence-corrected chi connectivity index (χ3v) is 2.65. The van der Waals surface area contributed by atoms with E-state index in [2.05, 4.69) is 16.0 Å². The van der Waals surface area contributed by atoms with Gasteiger partial charge in [0.05, 0.1) is 25.9 Å². The van der Waals surface area contributed by atoms with Crippen molar-refractivity contribution in [3.8, 4) is 0 Å². The molecule has 0 spiro atoms. The Morgan fingerprint density at radius 2 is 2.22 bits per heavy atom. The Balaban J connectivity index is 2.21. The largest absolute Gasteiger partial charge is 0.383 e. The minimum atomic E-state index is -0.398. The maximum absolute atomic E-state index is 11.8. The summed E-state index contributed by atoms with van der Waals surface area (Å²) >= 11 is 0. The van der Waals surface area contributed by atoms with Crippen LogP contribution in [-0.4, -0.2) is 63.9 Å². The molecule has 1 fully saturated rings. The molecule has 7 heteroatoms. The van der Waals surface area contributed by atoms with E-state index in [-0.39, 0.29) is 24.5 Å². The van der Waals surface area contributed by atoms with E-state index in [9.17, 15) is 9.59 Å². The average molecular weight is 259 g/mol. The molecule has 0 aromatic carbocycles. The van der Waals surface area contributed by atoms with Gasteiger partial charge in [0, 0.05) is 20.2 Å². The fourth-order valence-electron chi connectivity index (χ4n) is 1.66. The summed E-state index contributed by atoms with van der Waals surface area (Å²) in [6.07, 6.45) is -0.185. The van der Waals surface area contributed by atoms with E-state index >= 15 is 0 Å². The molecular weight excluding hydrogens is 238 g/mol. The number of nitrogens with one attached hydrogen (secondary N) is 3. The molecule has 1 aliphatic rings. The van der Waals surface area contributed by atoms with E-state index in [0.717, 1.165) is 0 Å². The fourth-order valence-corrected chi connectivity index (χ4v) is 1.66. The Morgan fingerprint density at radius 1 is 1.44 bits per heavy atom. The fraction of sp³-hybridized carbons (Fsp3) is 0.818. The lowest BCUT2D eigenvalue weighted by Gasteiger charge is -2.29. The van der Waals surface area contributed by atoms with Gasteiger partial charge in [0.2, 0.25) is 11.8 Å². The van der Waals surface area contributed by atoms with Crippen LogP contribution in [0.5, 0.6) is 0 Å². The summed E-state index contributed by atoms with van der Waals surface area (Å²) in [5, 5.41) is 8.25. The second kappa shape index (κ2) is 8.02. The number of methoxy groups -OCH3 is 1. The van der Waals surface area contributed by atoms with Crippen LogP contribution in [0.4, 0.5) is 0 Å². The van der Waals surface area contributed by atoms with Gasteiger partial charge >= 0.3 is 0 Å². The number of carbonyl (C=O) groups is 2. The van der Waals surface area contributed by atoms with Crippen LogP contribution in [-0.2, 0) is 19.1 Å². The van der Waals surface area contributed by atoms with Crippen molar-refractivity contribution in [1.82, 2.24) is 16.0 Å². The standard InChI is InChI=1S/C11H21N3O4/c1-8-10(13-4-6-18-8)11(16)14-7-9(15)12-3-5-17-2/h8,10,13H,3-7H2,1-2H3,(H,12,15)(H,14,16)/t8-,10+/m1/s1. The molecule has 7 nitrogen and oxygen atoms in total. The summed E-state index contributed by atoms with van der Waals surface area (Å²) in [6, 6.07) is -0.398. The van der Waals surface area contributed by atoms with Crippen LogP contribution < -0.4 is 16.0 Å². The summed E-state index contributed by atoms with van der Waals surface area (Å²) in [7, 11) is 1.56. The predicted molar refractivity (Wildman–Crippen MR) is 65.1 cm³/mol. The van der Waals surface area contributed by atoms with Gasteiger partial charge in [0.15, 0.2) is 0 Å². The zero-order valence-corrected chi connectivity index (χ0v) is 10.8. The Morgan fingerprint density at radius 3 is 2.89 bits per heavy atom. The predicted octanol–water partition coefficient (Wildman–Crippen LogP) is -1.76. The van der Waals surface area contributed by atoms with Crippen molar-refractivity contribution in [1.29, 1.82) is 0 Å². The smallest absolute Gasteiger partial charge is 0.240 e. The number of hydrogen-bond donors (Lipinski definition) is 3. The first-order chi connectivity index (χ1) is 8.65. The van der Waals surface area contributed by atoms with E-state index in [4.69, 9.17) is 9.47 Å². The molecule has 3 N–H and O–H groups in total. The summed E-state index contributed by atoms with van der Waals surface area (Å²) in [6.45, 7) is 3.93. The van der Waals surface area contributed by atoms with Gasteiger partial charge in [0.25, 0.3) is 0 Å². The van der Waals surface area contributed by atoms with Crippen molar-refractivity contribution in [2.24, 2.45) is 0 Å². The van der Waals surface area contributed by atoms with E-state index in [1.165, 1.54) is 0 Å². The summed E-state index contributed by atoms with van der Waals surface area (Å²) < 4.78 is 10.2. The maximum atomic E-state index is 11.8. The van der Waals surface area contributed by atoms with Crippen LogP contribution in [0.15, 0.2) is 0 Å². The molecule has 2 atom stereocenters. The van der Waals surface area contributed by atoms with Crippen LogP contribution in [0.25, 0.3) is 0 Å². The molecule has 2 amide bonds. The molecule has 0 radical (unpaired) electrons. The highest BCUT2D eigenvalue weighted by Crippen LogP contribution is 2.03. The number of carbonyl (C=O) groups excluding carboxylic acids is 2. The third-order valence-electron chi connectivity index (χ3n) is 2.65. The number of hydrogen-bond acceptors (Lipinski definition) is 5. The van der Waals surface area contributed by atoms with Crippen molar-refractivity contribution in [3.63, 3.8) is 0 Å². The minimum absolute atomic E-state index is 0.0343. The van der Waals surface area contributed by atoms with Gasteiger partial charge in [-0.25, -0.2) is 0 Å². The third kappa shape index (κ3) is 4.99. The lowest BCUT2D eigenvalue weighted by Crippen LogP contribution is -2.56. The second-order valence-corrected chi connectivity index (χ2v) is 4.07. The Hall–Kier alpha value is -1.18. The van der Waals surface area contributed by atoms with Crippen molar-refractivity contribution in [3.05, 3.63) is 0 Å². The normalized spacial score (nSPS) is 23.4. The number of morpholine rings is 1. The highest BCUT2D eigenvalue weighted by molar-refractivity contribution is 5.87. The van der Waals surface area contributed by atoms with Crippen LogP contribution in [0.2, 0.25) is 0 Å². The van der Waals surface area contributed by atoms with Gasteiger partial charge in [-0.3, -0.25) is 9.59 Å². The molecule has 1 aliphatic heterocycles. The zero-order chi connectivity index (χ0) is 13.4. The molecule has 1 heterocycles. The molecule has 0 aromatic rings. The van der Waals surface area contributed by atoms with Crippen molar-refractivity contribution in [2.45, 2.75) is 19.1 Å². The first-order valence-corrected chi connectivity index (χ1v) is 6.03. The van der Waals surface area contributed by atoms with Gasteiger partial charge in [-0.1, -0.05) is 0 Å². The molecule has 0 unspecified atom stereocenters. The Labute approximate surface area is 107 Å². The van der Waals surface area contributed by atoms with Gasteiger partial charge in [-0.15, -0.1) is 0 Å². The number of ether oxygens (including phenoxy) is 2. The van der Waals surface area contributed by atoms with Crippen LogP contribution >= 0.6 is 0 Å². The van der Waals surface area contributed by atoms with E-state index < -0.39 is 6.04 Å². The molecule has 18 heavy (non-hydrogen) atoms. The van der Waals surface area contributed by atoms with Gasteiger partial charge < -0.3 is 25.4 Å². The minimum Gasteiger partial charge on any atom is -0.383 e. The van der Waals surface area contributed by atoms with Crippen molar-refractivity contribution >= 4 is 11.8 Å². The quantitative estimate of drug-likeness (QED) is 0.492. The Kier molecular flexibility index (Phi) is 6.63. The molecule has 1 saturated heterocycles. The van der Waals surface area contributed by atoms with E-state index in [1.807, 2.05) is 6.92 Å². The molecule has 1 rings (SSSR count). The number of rotatable bonds is 6. The van der Waals surface area contributed by atoms with Crippen LogP contribution in [0, 0.1) is 0 Å². The van der Waals surface area contributed by atoms with Crippen molar-refractivity contribution < 1.29 is 19.1 Å². The molecule has 0 bridgehead atoms. The highest BCUT2D eigenvalue weighted by Gasteiger charge is 2.28. The SMILES string of the molecule is COCCNC(=O)CNC(=O)[C@H]1NCCO[C@@H]1C. The van der Waals surface area contributed by atoms with E-state index in [1.54, 1.807) is 7.11 Å². The second-order valence-electron chi connectivity index (χ2n) is 4.07. The van der Waals surface area contributed by atoms with Crippen LogP contribution in [0.3, 0.4) is 0 Å². The first-order valence-electron chi connectivity index (χ1n) is 6.03. The average Bonchev–Trinajstić information content (AvgIpc) is 2.37. The van der Waals surface area contributed by atoms with Crippen LogP contribution in [0.1, 0.15) is 6.92 Å². The Bertz CT molecular complexity index is 285. The lowest BCUT2D eigenvalue weighted by atomic mass is 10.1. The molecular formula is C11H21N3O4. The summed E-state index contributed by atoms with van der Waals surface area (Å²) in [5.41, 5.74) is 0. The summed E-state index contributed by atoms with van der Waals surface area (Å²) in [4.78, 5) is 23.1. The maximum Gasteiger partial charge on any atom is 0.240 e. The molecule has 104 valence electrons. The first kappa shape index (κ1) is 14.9. The van der Waals surface area contributed by atoms with Gasteiger partial charge in [-0.05, 0) is 6.92 Å². The van der Waals surface area contributed by atoms with Crippen molar-refractivity contribution in [2.75, 3.05) is 40.0 Å². The molecule has 0 aromatic heterocycles. The lowest BCUT2D eigenvalue weighted by molar-refractivity contribution is -0.131. The number of amides is 2. The van der Waals surface area contributed by atoms with E-state index in [0.29, 0.717) is 26.3 Å². The topological polar surface area (TPSA) is 88.7 Å².